The first-order valence-electron chi connectivity index (χ1n) is 11.0. The molecule has 1 aliphatic heterocycles. The molecule has 1 fully saturated rings. The van der Waals surface area contributed by atoms with Gasteiger partial charge in [-0.05, 0) is 37.0 Å². The number of H-pyrrole nitrogens is 1. The monoisotopic (exact) mass is 500 g/mol. The second kappa shape index (κ2) is 9.53. The minimum atomic E-state index is -0.889. The molecule has 11 heteroatoms. The van der Waals surface area contributed by atoms with Crippen LogP contribution in [-0.4, -0.2) is 50.4 Å². The van der Waals surface area contributed by atoms with Gasteiger partial charge in [0, 0.05) is 49.0 Å². The fraction of sp³-hybridized carbons (Fsp3) is 0.250. The first-order valence-corrected chi connectivity index (χ1v) is 11.4. The third-order valence-electron chi connectivity index (χ3n) is 6.01. The summed E-state index contributed by atoms with van der Waals surface area (Å²) in [4.78, 5) is 30.0. The van der Waals surface area contributed by atoms with E-state index in [2.05, 4.69) is 25.3 Å². The minimum absolute atomic E-state index is 0.00915. The van der Waals surface area contributed by atoms with Gasteiger partial charge in [-0.25, -0.2) is 28.1 Å². The summed E-state index contributed by atoms with van der Waals surface area (Å²) in [6.07, 6.45) is 5.81. The Hall–Kier alpha value is -3.66. The Labute approximate surface area is 203 Å². The number of likely N-dealkylation sites (tertiary alicyclic amines) is 1. The smallest absolute Gasteiger partial charge is 0.256 e. The van der Waals surface area contributed by atoms with Crippen molar-refractivity contribution in [1.29, 1.82) is 0 Å². The summed E-state index contributed by atoms with van der Waals surface area (Å²) in [5, 5.41) is 4.19. The van der Waals surface area contributed by atoms with Crippen LogP contribution in [0.3, 0.4) is 0 Å². The predicted octanol–water partition coefficient (Wildman–Crippen LogP) is 5.05. The number of hydrogen-bond donors (Lipinski definition) is 2. The van der Waals surface area contributed by atoms with E-state index in [-0.39, 0.29) is 17.3 Å². The number of anilines is 1. The van der Waals surface area contributed by atoms with Gasteiger partial charge in [-0.1, -0.05) is 11.6 Å². The number of nitrogens with zero attached hydrogens (tertiary/aromatic N) is 4. The number of pyridine rings is 1. The van der Waals surface area contributed by atoms with Crippen molar-refractivity contribution >= 4 is 34.4 Å². The first kappa shape index (κ1) is 23.1. The molecule has 3 aromatic heterocycles. The van der Waals surface area contributed by atoms with Gasteiger partial charge < -0.3 is 15.2 Å². The zero-order valence-electron chi connectivity index (χ0n) is 18.4. The standard InChI is InChI=1S/C24H20ClF3N6O/c25-14-6-17-18(10-31-21(17)30-9-14)22-32-11-20(28)23(33-22)29-8-13-2-1-5-34(12-13)24(35)16-4-3-15(26)7-19(16)27/h3-4,6-7,9-11,13H,1-2,5,8,12H2,(H,30,31)(H,29,32,33)/t13-/m1/s1. The molecule has 1 saturated heterocycles. The summed E-state index contributed by atoms with van der Waals surface area (Å²) in [5.41, 5.74) is 1.07. The molecule has 0 spiro atoms. The van der Waals surface area contributed by atoms with Crippen LogP contribution in [0.25, 0.3) is 22.4 Å². The zero-order chi connectivity index (χ0) is 24.5. The van der Waals surface area contributed by atoms with Crippen molar-refractivity contribution in [3.05, 3.63) is 70.9 Å². The number of carbonyl (C=O) groups excluding carboxylic acids is 1. The van der Waals surface area contributed by atoms with E-state index in [4.69, 9.17) is 11.6 Å². The molecular formula is C24H20ClF3N6O. The fourth-order valence-corrected chi connectivity index (χ4v) is 4.43. The number of aromatic amines is 1. The topological polar surface area (TPSA) is 86.8 Å². The van der Waals surface area contributed by atoms with Crippen LogP contribution in [0.1, 0.15) is 23.2 Å². The highest BCUT2D eigenvalue weighted by Crippen LogP contribution is 2.28. The summed E-state index contributed by atoms with van der Waals surface area (Å²) < 4.78 is 41.8. The molecule has 0 radical (unpaired) electrons. The van der Waals surface area contributed by atoms with Gasteiger partial charge in [-0.3, -0.25) is 4.79 Å². The van der Waals surface area contributed by atoms with Crippen LogP contribution in [0.4, 0.5) is 19.0 Å². The van der Waals surface area contributed by atoms with Gasteiger partial charge in [0.1, 0.15) is 17.3 Å². The van der Waals surface area contributed by atoms with Gasteiger partial charge >= 0.3 is 0 Å². The number of benzene rings is 1. The molecule has 7 nitrogen and oxygen atoms in total. The SMILES string of the molecule is O=C(c1ccc(F)cc1F)N1CCC[C@H](CNc2nc(-c3c[nH]c4ncc(Cl)cc34)ncc2F)C1. The second-order valence-corrected chi connectivity index (χ2v) is 8.84. The van der Waals surface area contributed by atoms with E-state index in [1.54, 1.807) is 12.3 Å². The van der Waals surface area contributed by atoms with Crippen molar-refractivity contribution in [2.75, 3.05) is 25.0 Å². The van der Waals surface area contributed by atoms with Crippen LogP contribution in [0.5, 0.6) is 0 Å². The van der Waals surface area contributed by atoms with Crippen LogP contribution < -0.4 is 5.32 Å². The molecule has 2 N–H and O–H groups in total. The zero-order valence-corrected chi connectivity index (χ0v) is 19.1. The highest BCUT2D eigenvalue weighted by atomic mass is 35.5. The quantitative estimate of drug-likeness (QED) is 0.400. The maximum absolute atomic E-state index is 14.5. The summed E-state index contributed by atoms with van der Waals surface area (Å²) in [5.74, 6) is -2.40. The molecule has 5 rings (SSSR count). The molecule has 1 amide bonds. The van der Waals surface area contributed by atoms with E-state index in [1.807, 2.05) is 0 Å². The number of amides is 1. The van der Waals surface area contributed by atoms with Crippen LogP contribution >= 0.6 is 11.6 Å². The third-order valence-corrected chi connectivity index (χ3v) is 6.22. The number of nitrogens with one attached hydrogen (secondary N) is 2. The molecule has 1 aliphatic rings. The van der Waals surface area contributed by atoms with E-state index in [0.29, 0.717) is 59.6 Å². The Bertz CT molecular complexity index is 1410. The largest absolute Gasteiger partial charge is 0.367 e. The number of carbonyl (C=O) groups is 1. The van der Waals surface area contributed by atoms with E-state index in [1.165, 1.54) is 11.1 Å². The lowest BCUT2D eigenvalue weighted by Crippen LogP contribution is -2.42. The molecule has 4 aromatic rings. The second-order valence-electron chi connectivity index (χ2n) is 8.41. The van der Waals surface area contributed by atoms with Gasteiger partial charge in [0.05, 0.1) is 16.8 Å². The maximum atomic E-state index is 14.5. The molecule has 0 bridgehead atoms. The Morgan fingerprint density at radius 1 is 1.17 bits per heavy atom. The van der Waals surface area contributed by atoms with E-state index < -0.39 is 23.4 Å². The van der Waals surface area contributed by atoms with Gasteiger partial charge in [0.15, 0.2) is 17.5 Å². The fourth-order valence-electron chi connectivity index (χ4n) is 4.27. The predicted molar refractivity (Wildman–Crippen MR) is 126 cm³/mol. The third kappa shape index (κ3) is 4.79. The number of rotatable bonds is 5. The average Bonchev–Trinajstić information content (AvgIpc) is 3.26. The van der Waals surface area contributed by atoms with Crippen LogP contribution in [0, 0.1) is 23.4 Å². The van der Waals surface area contributed by atoms with Gasteiger partial charge in [-0.2, -0.15) is 0 Å². The van der Waals surface area contributed by atoms with Crippen molar-refractivity contribution in [1.82, 2.24) is 24.8 Å². The summed E-state index contributed by atoms with van der Waals surface area (Å²) in [6, 6.07) is 4.64. The Morgan fingerprint density at radius 3 is 2.86 bits per heavy atom. The van der Waals surface area contributed by atoms with Gasteiger partial charge in [0.25, 0.3) is 5.91 Å². The Morgan fingerprint density at radius 2 is 2.03 bits per heavy atom. The summed E-state index contributed by atoms with van der Waals surface area (Å²) in [6.45, 7) is 1.18. The summed E-state index contributed by atoms with van der Waals surface area (Å²) >= 11 is 6.06. The number of aromatic nitrogens is 4. The van der Waals surface area contributed by atoms with Crippen LogP contribution in [-0.2, 0) is 0 Å². The highest BCUT2D eigenvalue weighted by Gasteiger charge is 2.26. The number of halogens is 4. The number of fused-ring (bicyclic) bond motifs is 1. The summed E-state index contributed by atoms with van der Waals surface area (Å²) in [7, 11) is 0. The molecule has 35 heavy (non-hydrogen) atoms. The Kier molecular flexibility index (Phi) is 6.29. The molecule has 0 saturated carbocycles. The van der Waals surface area contributed by atoms with Crippen molar-refractivity contribution < 1.29 is 18.0 Å². The molecule has 1 atom stereocenters. The van der Waals surface area contributed by atoms with Crippen molar-refractivity contribution in [3.63, 3.8) is 0 Å². The Balaban J connectivity index is 1.29. The maximum Gasteiger partial charge on any atom is 0.256 e. The highest BCUT2D eigenvalue weighted by molar-refractivity contribution is 6.31. The van der Waals surface area contributed by atoms with E-state index in [0.717, 1.165) is 24.8 Å². The van der Waals surface area contributed by atoms with Gasteiger partial charge in [0.2, 0.25) is 0 Å². The first-order chi connectivity index (χ1) is 16.9. The molecule has 1 aromatic carbocycles. The van der Waals surface area contributed by atoms with Gasteiger partial charge in [-0.15, -0.1) is 0 Å². The van der Waals surface area contributed by atoms with Crippen molar-refractivity contribution in [2.45, 2.75) is 12.8 Å². The number of piperidine rings is 1. The normalized spacial score (nSPS) is 16.0. The van der Waals surface area contributed by atoms with Crippen LogP contribution in [0.15, 0.2) is 42.9 Å². The lowest BCUT2D eigenvalue weighted by Gasteiger charge is -2.33. The molecule has 0 aliphatic carbocycles. The molecular weight excluding hydrogens is 481 g/mol. The van der Waals surface area contributed by atoms with Crippen molar-refractivity contribution in [3.8, 4) is 11.4 Å². The van der Waals surface area contributed by atoms with E-state index >= 15 is 0 Å². The molecule has 180 valence electrons. The lowest BCUT2D eigenvalue weighted by atomic mass is 9.97. The van der Waals surface area contributed by atoms with Crippen molar-refractivity contribution in [2.24, 2.45) is 5.92 Å². The minimum Gasteiger partial charge on any atom is -0.367 e. The van der Waals surface area contributed by atoms with Crippen LogP contribution in [0.2, 0.25) is 5.02 Å². The molecule has 0 unspecified atom stereocenters. The molecule has 4 heterocycles. The lowest BCUT2D eigenvalue weighted by molar-refractivity contribution is 0.0675. The average molecular weight is 501 g/mol. The number of hydrogen-bond acceptors (Lipinski definition) is 5. The van der Waals surface area contributed by atoms with E-state index in [9.17, 15) is 18.0 Å².